The number of anilines is 2. The Balaban J connectivity index is 1.79. The molecule has 0 radical (unpaired) electrons. The molecule has 0 spiro atoms. The van der Waals surface area contributed by atoms with Gasteiger partial charge in [0.2, 0.25) is 11.8 Å². The Morgan fingerprint density at radius 2 is 1.85 bits per heavy atom. The molecule has 0 aliphatic carbocycles. The molecule has 1 N–H and O–H groups in total. The number of aryl methyl sites for hydroxylation is 3. The highest BCUT2D eigenvalue weighted by Gasteiger charge is 2.36. The smallest absolute Gasteiger partial charge is 0.229 e. The lowest BCUT2D eigenvalue weighted by Crippen LogP contribution is -2.29. The Bertz CT molecular complexity index is 856. The van der Waals surface area contributed by atoms with E-state index >= 15 is 0 Å². The molecule has 0 bridgehead atoms. The molecule has 0 unspecified atom stereocenters. The van der Waals surface area contributed by atoms with Gasteiger partial charge in [0.1, 0.15) is 0 Å². The van der Waals surface area contributed by atoms with Gasteiger partial charge in [-0.3, -0.25) is 9.59 Å². The van der Waals surface area contributed by atoms with Crippen molar-refractivity contribution >= 4 is 34.8 Å². The number of nitrogens with one attached hydrogen (secondary N) is 1. The van der Waals surface area contributed by atoms with Crippen LogP contribution in [0.3, 0.4) is 0 Å². The Morgan fingerprint density at radius 3 is 2.44 bits per heavy atom. The number of nitrogens with zero attached hydrogens (tertiary/aromatic N) is 1. The van der Waals surface area contributed by atoms with Gasteiger partial charge in [-0.1, -0.05) is 49.7 Å². The molecule has 2 aromatic rings. The zero-order chi connectivity index (χ0) is 19.6. The Labute approximate surface area is 165 Å². The Hall–Kier alpha value is -2.33. The van der Waals surface area contributed by atoms with Crippen LogP contribution in [0.2, 0.25) is 5.02 Å². The number of carbonyl (C=O) groups excluding carboxylic acids is 2. The molecule has 2 aromatic carbocycles. The minimum atomic E-state index is -0.368. The highest BCUT2D eigenvalue weighted by molar-refractivity contribution is 6.31. The number of halogens is 1. The molecule has 2 amide bonds. The highest BCUT2D eigenvalue weighted by atomic mass is 35.5. The van der Waals surface area contributed by atoms with E-state index in [-0.39, 0.29) is 24.2 Å². The van der Waals surface area contributed by atoms with Crippen molar-refractivity contribution in [3.8, 4) is 0 Å². The van der Waals surface area contributed by atoms with E-state index in [9.17, 15) is 9.59 Å². The molecular formula is C22H25ClN2O2. The summed E-state index contributed by atoms with van der Waals surface area (Å²) in [5.74, 6) is -0.502. The van der Waals surface area contributed by atoms with Gasteiger partial charge in [-0.05, 0) is 48.6 Å². The fourth-order valence-electron chi connectivity index (χ4n) is 3.58. The van der Waals surface area contributed by atoms with E-state index in [2.05, 4.69) is 31.3 Å². The summed E-state index contributed by atoms with van der Waals surface area (Å²) in [5, 5.41) is 3.51. The van der Waals surface area contributed by atoms with Crippen LogP contribution >= 0.6 is 11.6 Å². The molecule has 3 rings (SSSR count). The van der Waals surface area contributed by atoms with Crippen molar-refractivity contribution in [2.75, 3.05) is 16.8 Å². The first-order valence-corrected chi connectivity index (χ1v) is 9.80. The summed E-state index contributed by atoms with van der Waals surface area (Å²) in [4.78, 5) is 27.2. The minimum absolute atomic E-state index is 0.00712. The molecule has 0 aromatic heterocycles. The van der Waals surface area contributed by atoms with Crippen LogP contribution in [-0.2, 0) is 22.4 Å². The normalized spacial score (nSPS) is 16.7. The van der Waals surface area contributed by atoms with Gasteiger partial charge in [0.25, 0.3) is 0 Å². The molecule has 1 heterocycles. The monoisotopic (exact) mass is 384 g/mol. The van der Waals surface area contributed by atoms with Crippen LogP contribution in [0.4, 0.5) is 11.4 Å². The van der Waals surface area contributed by atoms with E-state index < -0.39 is 0 Å². The second kappa shape index (κ2) is 8.13. The van der Waals surface area contributed by atoms with Crippen molar-refractivity contribution in [1.82, 2.24) is 0 Å². The van der Waals surface area contributed by atoms with Crippen molar-refractivity contribution in [1.29, 1.82) is 0 Å². The molecule has 5 heteroatoms. The Morgan fingerprint density at radius 1 is 1.19 bits per heavy atom. The van der Waals surface area contributed by atoms with E-state index in [0.29, 0.717) is 17.3 Å². The lowest BCUT2D eigenvalue weighted by molar-refractivity contribution is -0.122. The fourth-order valence-corrected chi connectivity index (χ4v) is 3.76. The molecule has 1 aliphatic heterocycles. The first-order chi connectivity index (χ1) is 12.9. The minimum Gasteiger partial charge on any atom is -0.326 e. The summed E-state index contributed by atoms with van der Waals surface area (Å²) in [7, 11) is 0. The largest absolute Gasteiger partial charge is 0.326 e. The molecule has 1 atom stereocenters. The number of amides is 2. The maximum Gasteiger partial charge on any atom is 0.229 e. The quantitative estimate of drug-likeness (QED) is 0.807. The number of hydrogen-bond donors (Lipinski definition) is 1. The van der Waals surface area contributed by atoms with E-state index in [0.717, 1.165) is 35.2 Å². The number of hydrogen-bond acceptors (Lipinski definition) is 2. The predicted molar refractivity (Wildman–Crippen MR) is 110 cm³/mol. The van der Waals surface area contributed by atoms with Crippen molar-refractivity contribution in [3.63, 3.8) is 0 Å². The molecule has 1 saturated heterocycles. The van der Waals surface area contributed by atoms with Gasteiger partial charge in [0.15, 0.2) is 0 Å². The molecule has 4 nitrogen and oxygen atoms in total. The maximum absolute atomic E-state index is 12.7. The second-order valence-electron chi connectivity index (χ2n) is 6.99. The third kappa shape index (κ3) is 4.01. The maximum atomic E-state index is 12.7. The summed E-state index contributed by atoms with van der Waals surface area (Å²) in [6, 6.07) is 11.6. The third-order valence-corrected chi connectivity index (χ3v) is 5.58. The lowest BCUT2D eigenvalue weighted by atomic mass is 10.0. The van der Waals surface area contributed by atoms with Gasteiger partial charge in [-0.15, -0.1) is 0 Å². The number of rotatable bonds is 5. The van der Waals surface area contributed by atoms with Crippen LogP contribution in [-0.4, -0.2) is 18.4 Å². The summed E-state index contributed by atoms with van der Waals surface area (Å²) in [6.07, 6.45) is 1.93. The number of para-hydroxylation sites is 1. The van der Waals surface area contributed by atoms with E-state index in [4.69, 9.17) is 11.6 Å². The summed E-state index contributed by atoms with van der Waals surface area (Å²) in [5.41, 5.74) is 4.90. The standard InChI is InChI=1S/C22H25ClN2O2/c1-4-15-7-6-8-16(5-2)21(15)25-13-17(11-20(25)26)22(27)24-18-10-9-14(3)19(23)12-18/h6-10,12,17H,4-5,11,13H2,1-3H3,(H,24,27)/t17-/m0/s1. The van der Waals surface area contributed by atoms with E-state index in [1.54, 1.807) is 11.0 Å². The van der Waals surface area contributed by atoms with E-state index in [1.807, 2.05) is 25.1 Å². The first-order valence-electron chi connectivity index (χ1n) is 9.42. The van der Waals surface area contributed by atoms with Crippen LogP contribution in [0.15, 0.2) is 36.4 Å². The average Bonchev–Trinajstić information content (AvgIpc) is 3.05. The van der Waals surface area contributed by atoms with Gasteiger partial charge in [-0.2, -0.15) is 0 Å². The van der Waals surface area contributed by atoms with Crippen LogP contribution in [0.5, 0.6) is 0 Å². The van der Waals surface area contributed by atoms with Crippen LogP contribution in [0.1, 0.15) is 37.0 Å². The first kappa shape index (κ1) is 19.4. The third-order valence-electron chi connectivity index (χ3n) is 5.17. The average molecular weight is 385 g/mol. The van der Waals surface area contributed by atoms with Gasteiger partial charge < -0.3 is 10.2 Å². The Kier molecular flexibility index (Phi) is 5.85. The second-order valence-corrected chi connectivity index (χ2v) is 7.40. The highest BCUT2D eigenvalue weighted by Crippen LogP contribution is 2.33. The number of benzene rings is 2. The summed E-state index contributed by atoms with van der Waals surface area (Å²) in [6.45, 7) is 6.50. The van der Waals surface area contributed by atoms with Crippen LogP contribution < -0.4 is 10.2 Å². The van der Waals surface area contributed by atoms with Crippen molar-refractivity contribution in [2.24, 2.45) is 5.92 Å². The lowest BCUT2D eigenvalue weighted by Gasteiger charge is -2.23. The SMILES string of the molecule is CCc1cccc(CC)c1N1C[C@@H](C(=O)Nc2ccc(C)c(Cl)c2)CC1=O. The van der Waals surface area contributed by atoms with Gasteiger partial charge >= 0.3 is 0 Å². The summed E-state index contributed by atoms with van der Waals surface area (Å²) < 4.78 is 0. The molecule has 0 saturated carbocycles. The van der Waals surface area contributed by atoms with Crippen molar-refractivity contribution in [3.05, 3.63) is 58.1 Å². The molecule has 142 valence electrons. The zero-order valence-electron chi connectivity index (χ0n) is 16.0. The van der Waals surface area contributed by atoms with Crippen LogP contribution in [0, 0.1) is 12.8 Å². The van der Waals surface area contributed by atoms with Gasteiger partial charge in [0.05, 0.1) is 5.92 Å². The molecular weight excluding hydrogens is 360 g/mol. The van der Waals surface area contributed by atoms with Crippen molar-refractivity contribution in [2.45, 2.75) is 40.0 Å². The molecule has 1 fully saturated rings. The molecule has 27 heavy (non-hydrogen) atoms. The van der Waals surface area contributed by atoms with Gasteiger partial charge in [-0.25, -0.2) is 0 Å². The molecule has 1 aliphatic rings. The predicted octanol–water partition coefficient (Wildman–Crippen LogP) is 4.76. The van der Waals surface area contributed by atoms with Gasteiger partial charge in [0, 0.05) is 29.4 Å². The summed E-state index contributed by atoms with van der Waals surface area (Å²) >= 11 is 6.14. The number of carbonyl (C=O) groups is 2. The zero-order valence-corrected chi connectivity index (χ0v) is 16.8. The van der Waals surface area contributed by atoms with Crippen molar-refractivity contribution < 1.29 is 9.59 Å². The fraction of sp³-hybridized carbons (Fsp3) is 0.364. The topological polar surface area (TPSA) is 49.4 Å². The van der Waals surface area contributed by atoms with Crippen LogP contribution in [0.25, 0.3) is 0 Å². The van der Waals surface area contributed by atoms with E-state index in [1.165, 1.54) is 0 Å².